The molecule has 15 aromatic carbocycles. The van der Waals surface area contributed by atoms with Crippen LogP contribution in [0.2, 0.25) is 0 Å². The highest BCUT2D eigenvalue weighted by Crippen LogP contribution is 2.53. The quantitative estimate of drug-likeness (QED) is 0.148. The summed E-state index contributed by atoms with van der Waals surface area (Å²) in [6.45, 7) is 27.8. The number of benzene rings is 15. The van der Waals surface area contributed by atoms with Crippen molar-refractivity contribution in [2.24, 2.45) is 0 Å². The van der Waals surface area contributed by atoms with Crippen LogP contribution in [0.15, 0.2) is 322 Å². The van der Waals surface area contributed by atoms with Crippen LogP contribution < -0.4 is 26.2 Å². The van der Waals surface area contributed by atoms with Crippen molar-refractivity contribution in [2.45, 2.75) is 105 Å². The second kappa shape index (κ2) is 25.1. The second-order valence-electron chi connectivity index (χ2n) is 35.3. The number of fused-ring (bicyclic) bond motifs is 17. The molecule has 0 unspecified atom stereocenters. The zero-order valence-corrected chi connectivity index (χ0v) is 65.5. The van der Waals surface area contributed by atoms with E-state index in [1.165, 1.54) is 131 Å². The van der Waals surface area contributed by atoms with Crippen LogP contribution in [-0.2, 0) is 21.7 Å². The fourth-order valence-electron chi connectivity index (χ4n) is 18.5. The molecule has 3 aromatic heterocycles. The molecule has 0 fully saturated rings. The van der Waals surface area contributed by atoms with Crippen molar-refractivity contribution in [2.75, 3.05) is 9.80 Å². The van der Waals surface area contributed by atoms with Gasteiger partial charge in [-0.2, -0.15) is 0 Å². The van der Waals surface area contributed by atoms with Crippen molar-refractivity contribution in [3.63, 3.8) is 0 Å². The van der Waals surface area contributed by atoms with Crippen LogP contribution in [0.5, 0.6) is 0 Å². The van der Waals surface area contributed by atoms with Crippen molar-refractivity contribution < 1.29 is 0 Å². The minimum absolute atomic E-state index is 0.0387. The third-order valence-electron chi connectivity index (χ3n) is 24.3. The van der Waals surface area contributed by atoms with Crippen molar-refractivity contribution in [1.82, 2.24) is 8.97 Å². The number of nitrogens with zero attached hydrogens (tertiary/aromatic N) is 4. The first-order chi connectivity index (χ1) is 53.6. The zero-order chi connectivity index (χ0) is 75.7. The van der Waals surface area contributed by atoms with Crippen molar-refractivity contribution in [3.05, 3.63) is 344 Å². The molecule has 2 aliphatic rings. The van der Waals surface area contributed by atoms with Crippen LogP contribution >= 0.6 is 0 Å². The fourth-order valence-corrected chi connectivity index (χ4v) is 18.5. The summed E-state index contributed by atoms with van der Waals surface area (Å²) in [5.41, 5.74) is 31.5. The van der Waals surface area contributed by atoms with Gasteiger partial charge in [-0.15, -0.1) is 0 Å². The molecule has 111 heavy (non-hydrogen) atoms. The summed E-state index contributed by atoms with van der Waals surface area (Å²) >= 11 is 0. The van der Waals surface area contributed by atoms with E-state index in [1.54, 1.807) is 0 Å². The van der Waals surface area contributed by atoms with E-state index in [0.717, 1.165) is 73.1 Å². The van der Waals surface area contributed by atoms with Gasteiger partial charge in [-0.1, -0.05) is 320 Å². The van der Waals surface area contributed by atoms with E-state index in [4.69, 9.17) is 0 Å². The molecule has 0 bridgehead atoms. The molecular formula is C106H89BN4. The number of hydrogen-bond donors (Lipinski definition) is 0. The normalized spacial score (nSPS) is 13.2. The highest BCUT2D eigenvalue weighted by Gasteiger charge is 2.46. The number of rotatable bonds is 7. The first-order valence-corrected chi connectivity index (χ1v) is 39.6. The van der Waals surface area contributed by atoms with Gasteiger partial charge in [0.15, 0.2) is 0 Å². The van der Waals surface area contributed by atoms with Crippen LogP contribution in [0.3, 0.4) is 0 Å². The molecule has 2 aliphatic heterocycles. The van der Waals surface area contributed by atoms with Crippen LogP contribution in [0.25, 0.3) is 132 Å². The SMILES string of the molecule is CC(C)(C)c1ccc(-c2cc(C(C)(C)C)ccc2N2c3cc(-c4ccccc4)ccc3B3c4cc5c6ccccc6c6ccccc6c6cccc7c8ccccc8n(c5cc4N(c4ccc(C(C)(C)C)cc4-c4ccc(C(C)(C)C)cc4)c4cc(-c5ccc8c(c5)c5ccccc5n8-c5ccccc5)cc2c43)c67)cc1. The Morgan fingerprint density at radius 1 is 0.225 bits per heavy atom. The lowest BCUT2D eigenvalue weighted by Crippen LogP contribution is -2.61. The lowest BCUT2D eigenvalue weighted by Gasteiger charge is -2.45. The fraction of sp³-hybridized carbons (Fsp3) is 0.151. The molecule has 0 saturated carbocycles. The second-order valence-corrected chi connectivity index (χ2v) is 35.3. The molecule has 5 heterocycles. The largest absolute Gasteiger partial charge is 0.311 e. The summed E-state index contributed by atoms with van der Waals surface area (Å²) in [4.78, 5) is 5.42. The molecular weight excluding hydrogens is 1340 g/mol. The van der Waals surface area contributed by atoms with Crippen molar-refractivity contribution in [1.29, 1.82) is 0 Å². The van der Waals surface area contributed by atoms with Gasteiger partial charge < -0.3 is 18.8 Å². The average molecular weight is 1430 g/mol. The van der Waals surface area contributed by atoms with E-state index < -0.39 is 0 Å². The Bertz CT molecular complexity index is 6910. The molecule has 5 heteroatoms. The van der Waals surface area contributed by atoms with Gasteiger partial charge in [-0.3, -0.25) is 0 Å². The van der Waals surface area contributed by atoms with Gasteiger partial charge in [0.2, 0.25) is 0 Å². The molecule has 0 atom stereocenters. The van der Waals surface area contributed by atoms with E-state index in [9.17, 15) is 0 Å². The maximum absolute atomic E-state index is 2.73. The van der Waals surface area contributed by atoms with Gasteiger partial charge in [0, 0.05) is 71.9 Å². The van der Waals surface area contributed by atoms with Gasteiger partial charge in [-0.25, -0.2) is 0 Å². The van der Waals surface area contributed by atoms with Gasteiger partial charge >= 0.3 is 0 Å². The van der Waals surface area contributed by atoms with Crippen LogP contribution in [0.1, 0.15) is 105 Å². The average Bonchev–Trinajstić information content (AvgIpc) is 1.00. The Labute approximate surface area is 651 Å². The predicted molar refractivity (Wildman–Crippen MR) is 479 cm³/mol. The Morgan fingerprint density at radius 3 is 1.17 bits per heavy atom. The summed E-state index contributed by atoms with van der Waals surface area (Å²) in [7, 11) is 0. The molecule has 536 valence electrons. The minimum Gasteiger partial charge on any atom is -0.311 e. The maximum Gasteiger partial charge on any atom is 0.252 e. The van der Waals surface area contributed by atoms with Crippen LogP contribution in [0.4, 0.5) is 34.1 Å². The molecule has 0 saturated heterocycles. The lowest BCUT2D eigenvalue weighted by atomic mass is 9.33. The third-order valence-corrected chi connectivity index (χ3v) is 24.3. The molecule has 0 aliphatic carbocycles. The van der Waals surface area contributed by atoms with E-state index in [2.05, 4.69) is 423 Å². The van der Waals surface area contributed by atoms with Gasteiger partial charge in [-0.05, 0) is 200 Å². The van der Waals surface area contributed by atoms with Crippen LogP contribution in [-0.4, -0.2) is 15.7 Å². The Kier molecular flexibility index (Phi) is 15.3. The predicted octanol–water partition coefficient (Wildman–Crippen LogP) is 27.3. The van der Waals surface area contributed by atoms with E-state index in [-0.39, 0.29) is 28.4 Å². The molecule has 20 rings (SSSR count). The summed E-state index contributed by atoms with van der Waals surface area (Å²) in [5.74, 6) is 0. The lowest BCUT2D eigenvalue weighted by molar-refractivity contribution is 0.589. The molecule has 4 nitrogen and oxygen atoms in total. The first-order valence-electron chi connectivity index (χ1n) is 39.6. The topological polar surface area (TPSA) is 15.8 Å². The van der Waals surface area contributed by atoms with Gasteiger partial charge in [0.25, 0.3) is 6.71 Å². The van der Waals surface area contributed by atoms with E-state index in [0.29, 0.717) is 0 Å². The maximum atomic E-state index is 2.73. The molecule has 0 amide bonds. The monoisotopic (exact) mass is 1430 g/mol. The third kappa shape index (κ3) is 10.9. The summed E-state index contributed by atoms with van der Waals surface area (Å²) in [5, 5.41) is 12.0. The Hall–Kier alpha value is -12.4. The highest BCUT2D eigenvalue weighted by atomic mass is 15.2. The Balaban J connectivity index is 0.996. The highest BCUT2D eigenvalue weighted by molar-refractivity contribution is 7.00. The summed E-state index contributed by atoms with van der Waals surface area (Å²) in [6.07, 6.45) is 0. The standard InChI is InChI=1S/C106H89BN4/c1-103(2,3)72-48-42-67(43-49-72)85-62-74(105(7,8)9)52-56-93(85)109-97-59-70(66-28-15-13-16-29-66)46-54-89(97)107-90-64-88-80-35-22-20-33-78(80)77-32-19-21-34-79(77)83-38-27-39-84-81-36-23-26-41-92(81)111(102(83)84)96(88)65-98(90)110(94-57-53-75(106(10,11)12)63-86(94)68-44-50-73(51-45-68)104(4,5)6)100-61-71(60-99(109)101(100)107)69-47-55-95-87(58-69)82-37-24-25-40-91(82)108(95)76-30-17-14-18-31-76/h13-65H,1-12H3. The van der Waals surface area contributed by atoms with E-state index in [1.807, 2.05) is 0 Å². The molecule has 0 spiro atoms. The summed E-state index contributed by atoms with van der Waals surface area (Å²) in [6, 6.07) is 124. The number of aromatic nitrogens is 2. The first kappa shape index (κ1) is 67.9. The van der Waals surface area contributed by atoms with Gasteiger partial charge in [0.05, 0.1) is 39.0 Å². The van der Waals surface area contributed by atoms with E-state index >= 15 is 0 Å². The smallest absolute Gasteiger partial charge is 0.252 e. The van der Waals surface area contributed by atoms with Crippen LogP contribution in [0, 0.1) is 0 Å². The number of hydrogen-bond acceptors (Lipinski definition) is 2. The zero-order valence-electron chi connectivity index (χ0n) is 65.5. The molecule has 18 aromatic rings. The van der Waals surface area contributed by atoms with Crippen molar-refractivity contribution >= 4 is 139 Å². The minimum atomic E-state index is -0.282. The number of para-hydroxylation sites is 4. The van der Waals surface area contributed by atoms with Crippen molar-refractivity contribution in [3.8, 4) is 50.2 Å². The summed E-state index contributed by atoms with van der Waals surface area (Å²) < 4.78 is 5.08. The number of anilines is 6. The molecule has 0 N–H and O–H groups in total. The van der Waals surface area contributed by atoms with Gasteiger partial charge in [0.1, 0.15) is 0 Å². The molecule has 0 radical (unpaired) electrons. The Morgan fingerprint density at radius 2 is 0.622 bits per heavy atom.